The van der Waals surface area contributed by atoms with Crippen molar-refractivity contribution < 1.29 is 48.5 Å². The summed E-state index contributed by atoms with van der Waals surface area (Å²) in [7, 11) is 0. The number of unbranched alkanes of at least 4 members (excludes halogenated alkanes) is 2. The van der Waals surface area contributed by atoms with Crippen molar-refractivity contribution in [2.45, 2.75) is 129 Å². The SMILES string of the molecule is CCCCc1ccc(-c2ccc(C(=O)NCCC(=O)N[C@@H](CCCCNC(=O)OC(C)(C)C)C(=O)N[C@H](C(=O)N[C@@H](N)C(=O)N[C@H](C(=O)O)C(C)C)[C@@H](C)O)cc2)cc1. The summed E-state index contributed by atoms with van der Waals surface area (Å²) < 4.78 is 5.22. The van der Waals surface area contributed by atoms with Crippen LogP contribution in [0.5, 0.6) is 0 Å². The molecular weight excluding hydrogens is 763 g/mol. The molecule has 2 rings (SSSR count). The predicted octanol–water partition coefficient (Wildman–Crippen LogP) is 2.49. The Kier molecular flexibility index (Phi) is 20.5. The van der Waals surface area contributed by atoms with E-state index in [1.165, 1.54) is 12.5 Å². The van der Waals surface area contributed by atoms with E-state index in [1.54, 1.807) is 46.8 Å². The van der Waals surface area contributed by atoms with Gasteiger partial charge < -0.3 is 52.6 Å². The number of nitrogens with two attached hydrogens (primary N) is 1. The van der Waals surface area contributed by atoms with Crippen molar-refractivity contribution in [3.8, 4) is 11.1 Å². The molecule has 5 atom stereocenters. The molecule has 2 aromatic carbocycles. The highest BCUT2D eigenvalue weighted by atomic mass is 16.6. The van der Waals surface area contributed by atoms with Gasteiger partial charge in [0.2, 0.25) is 17.7 Å². The lowest BCUT2D eigenvalue weighted by molar-refractivity contribution is -0.143. The first-order valence-corrected chi connectivity index (χ1v) is 20.0. The summed E-state index contributed by atoms with van der Waals surface area (Å²) in [5.41, 5.74) is 8.75. The highest BCUT2D eigenvalue weighted by Crippen LogP contribution is 2.21. The van der Waals surface area contributed by atoms with E-state index < -0.39 is 83.5 Å². The minimum absolute atomic E-state index is 0.0512. The predicted molar refractivity (Wildman–Crippen MR) is 222 cm³/mol. The zero-order chi connectivity index (χ0) is 44.3. The summed E-state index contributed by atoms with van der Waals surface area (Å²) in [5.74, 6) is -5.69. The van der Waals surface area contributed by atoms with E-state index >= 15 is 0 Å². The van der Waals surface area contributed by atoms with Gasteiger partial charge in [0.05, 0.1) is 6.10 Å². The van der Waals surface area contributed by atoms with Gasteiger partial charge in [0, 0.05) is 25.1 Å². The fraction of sp³-hybridized carbons (Fsp3) is 0.548. The van der Waals surface area contributed by atoms with Crippen LogP contribution in [0.25, 0.3) is 11.1 Å². The number of aryl methyl sites for hydroxylation is 1. The van der Waals surface area contributed by atoms with Crippen LogP contribution in [0.1, 0.15) is 103 Å². The molecule has 2 aromatic rings. The zero-order valence-corrected chi connectivity index (χ0v) is 35.2. The number of carbonyl (C=O) groups excluding carboxylic acids is 6. The summed E-state index contributed by atoms with van der Waals surface area (Å²) in [6.07, 6.45) is -0.00783. The van der Waals surface area contributed by atoms with Gasteiger partial charge in [-0.25, -0.2) is 9.59 Å². The van der Waals surface area contributed by atoms with Crippen LogP contribution >= 0.6 is 0 Å². The van der Waals surface area contributed by atoms with Crippen LogP contribution in [0, 0.1) is 5.92 Å². The van der Waals surface area contributed by atoms with Gasteiger partial charge in [-0.2, -0.15) is 0 Å². The zero-order valence-electron chi connectivity index (χ0n) is 35.2. The molecule has 0 unspecified atom stereocenters. The van der Waals surface area contributed by atoms with Crippen molar-refractivity contribution in [1.82, 2.24) is 31.9 Å². The van der Waals surface area contributed by atoms with Crippen LogP contribution in [0.15, 0.2) is 48.5 Å². The number of carboxylic acid groups (broad SMARTS) is 1. The molecule has 59 heavy (non-hydrogen) atoms. The number of nitrogens with one attached hydrogen (secondary N) is 6. The topological polar surface area (TPSA) is 267 Å². The first-order chi connectivity index (χ1) is 27.7. The molecule has 0 spiro atoms. The average molecular weight is 826 g/mol. The first kappa shape index (κ1) is 49.6. The third-order valence-corrected chi connectivity index (χ3v) is 9.00. The van der Waals surface area contributed by atoms with E-state index in [0.29, 0.717) is 18.4 Å². The Morgan fingerprint density at radius 3 is 1.86 bits per heavy atom. The minimum atomic E-state index is -1.73. The Hall–Kier alpha value is -5.55. The molecule has 0 saturated carbocycles. The van der Waals surface area contributed by atoms with Gasteiger partial charge in [-0.15, -0.1) is 0 Å². The highest BCUT2D eigenvalue weighted by Gasteiger charge is 2.33. The number of hydrogen-bond acceptors (Lipinski definition) is 10. The van der Waals surface area contributed by atoms with Crippen molar-refractivity contribution in [1.29, 1.82) is 0 Å². The molecule has 17 heteroatoms. The van der Waals surface area contributed by atoms with Crippen LogP contribution in [-0.4, -0.2) is 101 Å². The average Bonchev–Trinajstić information content (AvgIpc) is 3.16. The second-order valence-corrected chi connectivity index (χ2v) is 15.7. The van der Waals surface area contributed by atoms with Crippen LogP contribution in [-0.2, 0) is 35.1 Å². The fourth-order valence-corrected chi connectivity index (χ4v) is 5.69. The van der Waals surface area contributed by atoms with Gasteiger partial charge in [0.15, 0.2) is 6.17 Å². The summed E-state index contributed by atoms with van der Waals surface area (Å²) in [6.45, 7) is 11.8. The van der Waals surface area contributed by atoms with E-state index in [4.69, 9.17) is 10.5 Å². The molecular formula is C42H63N7O10. The second kappa shape index (κ2) is 24.4. The molecule has 0 aliphatic rings. The number of carboxylic acids is 1. The van der Waals surface area contributed by atoms with E-state index in [-0.39, 0.29) is 25.9 Å². The Bertz CT molecular complexity index is 1710. The number of amides is 6. The van der Waals surface area contributed by atoms with Gasteiger partial charge >= 0.3 is 12.1 Å². The number of benzene rings is 2. The monoisotopic (exact) mass is 825 g/mol. The van der Waals surface area contributed by atoms with E-state index in [0.717, 1.165) is 30.4 Å². The molecule has 0 aliphatic carbocycles. The number of aliphatic hydroxyl groups excluding tert-OH is 1. The fourth-order valence-electron chi connectivity index (χ4n) is 5.69. The molecule has 0 fully saturated rings. The van der Waals surface area contributed by atoms with Crippen molar-refractivity contribution >= 4 is 41.6 Å². The minimum Gasteiger partial charge on any atom is -0.480 e. The molecule has 0 heterocycles. The van der Waals surface area contributed by atoms with Crippen molar-refractivity contribution in [3.63, 3.8) is 0 Å². The number of rotatable bonds is 23. The maximum Gasteiger partial charge on any atom is 0.407 e. The standard InChI is InChI=1S/C42H63N7O10/c1-8-9-12-27-14-16-28(17-15-27)29-18-20-30(21-19-29)36(52)44-24-22-32(51)46-31(13-10-11-23-45-41(58)59-42(5,6)7)37(53)48-34(26(4)50)38(54)49-35(43)39(55)47-33(25(2)3)40(56)57/h14-21,25-26,31,33-35,50H,8-13,22-24,43H2,1-7H3,(H,44,52)(H,45,58)(H,46,51)(H,47,55)(H,48,53)(H,49,54)(H,56,57)/t26-,31+,33+,34+,35-/m1/s1. The molecule has 0 aromatic heterocycles. The largest absolute Gasteiger partial charge is 0.480 e. The Morgan fingerprint density at radius 1 is 0.729 bits per heavy atom. The van der Waals surface area contributed by atoms with Gasteiger partial charge in [0.25, 0.3) is 11.8 Å². The van der Waals surface area contributed by atoms with Crippen LogP contribution < -0.4 is 37.6 Å². The molecule has 6 amide bonds. The van der Waals surface area contributed by atoms with Crippen molar-refractivity contribution in [3.05, 3.63) is 59.7 Å². The molecule has 17 nitrogen and oxygen atoms in total. The van der Waals surface area contributed by atoms with E-state index in [1.807, 2.05) is 12.1 Å². The van der Waals surface area contributed by atoms with Crippen LogP contribution in [0.4, 0.5) is 4.79 Å². The van der Waals surface area contributed by atoms with Crippen LogP contribution in [0.2, 0.25) is 0 Å². The van der Waals surface area contributed by atoms with E-state index in [2.05, 4.69) is 63.1 Å². The molecule has 326 valence electrons. The van der Waals surface area contributed by atoms with Crippen molar-refractivity contribution in [2.75, 3.05) is 13.1 Å². The lowest BCUT2D eigenvalue weighted by Crippen LogP contribution is -2.62. The van der Waals surface area contributed by atoms with Gasteiger partial charge in [0.1, 0.15) is 23.7 Å². The third-order valence-electron chi connectivity index (χ3n) is 9.00. The maximum atomic E-state index is 13.5. The highest BCUT2D eigenvalue weighted by molar-refractivity contribution is 5.96. The quantitative estimate of drug-likeness (QED) is 0.0581. The number of hydrogen-bond donors (Lipinski definition) is 9. The molecule has 0 aliphatic heterocycles. The Morgan fingerprint density at radius 2 is 1.32 bits per heavy atom. The van der Waals surface area contributed by atoms with Crippen molar-refractivity contribution in [2.24, 2.45) is 11.7 Å². The number of aliphatic hydroxyl groups is 1. The van der Waals surface area contributed by atoms with Gasteiger partial charge in [-0.1, -0.05) is 63.6 Å². The number of aliphatic carboxylic acids is 1. The van der Waals surface area contributed by atoms with Crippen LogP contribution in [0.3, 0.4) is 0 Å². The molecule has 10 N–H and O–H groups in total. The lowest BCUT2D eigenvalue weighted by atomic mass is 10.0. The Labute approximate surface area is 346 Å². The molecule has 0 bridgehead atoms. The third kappa shape index (κ3) is 18.3. The molecule has 0 radical (unpaired) electrons. The van der Waals surface area contributed by atoms with Gasteiger partial charge in [-0.05, 0) is 94.5 Å². The summed E-state index contributed by atoms with van der Waals surface area (Å²) in [4.78, 5) is 88.7. The summed E-state index contributed by atoms with van der Waals surface area (Å²) >= 11 is 0. The smallest absolute Gasteiger partial charge is 0.407 e. The van der Waals surface area contributed by atoms with Gasteiger partial charge in [-0.3, -0.25) is 24.0 Å². The number of alkyl carbamates (subject to hydrolysis) is 1. The normalized spacial score (nSPS) is 13.8. The second-order valence-electron chi connectivity index (χ2n) is 15.7. The lowest BCUT2D eigenvalue weighted by Gasteiger charge is -2.26. The number of carbonyl (C=O) groups is 7. The van der Waals surface area contributed by atoms with E-state index in [9.17, 15) is 43.8 Å². The maximum absolute atomic E-state index is 13.5. The number of ether oxygens (including phenoxy) is 1. The Balaban J connectivity index is 2.06. The first-order valence-electron chi connectivity index (χ1n) is 20.0. The summed E-state index contributed by atoms with van der Waals surface area (Å²) in [5, 5.41) is 34.5. The summed E-state index contributed by atoms with van der Waals surface area (Å²) in [6, 6.07) is 11.3. The molecule has 0 saturated heterocycles.